The molecule has 2 aromatic heterocycles. The standard InChI is InChI=1S/C22H18N4O2/c1-14(22-25-21(26-28-22)17-5-3-2-4-6-17)19-13-18(11-12-24-19)15-7-9-16(10-8-15)20(23)27/h2-14H,1H3,(H2,23,27). The number of rotatable bonds is 5. The van der Waals surface area contributed by atoms with Crippen LogP contribution in [0.4, 0.5) is 0 Å². The van der Waals surface area contributed by atoms with Gasteiger partial charge in [0.05, 0.1) is 11.6 Å². The van der Waals surface area contributed by atoms with Crippen LogP contribution in [0.1, 0.15) is 34.8 Å². The van der Waals surface area contributed by atoms with Crippen molar-refractivity contribution in [2.75, 3.05) is 0 Å². The van der Waals surface area contributed by atoms with Gasteiger partial charge in [-0.25, -0.2) is 0 Å². The lowest BCUT2D eigenvalue weighted by molar-refractivity contribution is 0.100. The molecule has 6 heteroatoms. The molecule has 0 aliphatic heterocycles. The molecule has 1 unspecified atom stereocenters. The average molecular weight is 370 g/mol. The van der Waals surface area contributed by atoms with E-state index in [1.54, 1.807) is 18.3 Å². The van der Waals surface area contributed by atoms with Gasteiger partial charge >= 0.3 is 0 Å². The molecule has 0 saturated heterocycles. The van der Waals surface area contributed by atoms with Gasteiger partial charge in [-0.3, -0.25) is 9.78 Å². The topological polar surface area (TPSA) is 94.9 Å². The Labute approximate surface area is 162 Å². The van der Waals surface area contributed by atoms with Crippen molar-refractivity contribution in [2.24, 2.45) is 5.73 Å². The molecule has 2 N–H and O–H groups in total. The molecule has 4 aromatic rings. The van der Waals surface area contributed by atoms with Crippen molar-refractivity contribution in [3.8, 4) is 22.5 Å². The van der Waals surface area contributed by atoms with Gasteiger partial charge in [-0.15, -0.1) is 0 Å². The largest absolute Gasteiger partial charge is 0.366 e. The molecule has 0 bridgehead atoms. The Morgan fingerprint density at radius 2 is 1.71 bits per heavy atom. The van der Waals surface area contributed by atoms with Crippen molar-refractivity contribution in [2.45, 2.75) is 12.8 Å². The van der Waals surface area contributed by atoms with Crippen LogP contribution in [0.2, 0.25) is 0 Å². The maximum Gasteiger partial charge on any atom is 0.248 e. The molecule has 138 valence electrons. The second-order valence-corrected chi connectivity index (χ2v) is 6.45. The average Bonchev–Trinajstić information content (AvgIpc) is 3.24. The van der Waals surface area contributed by atoms with Crippen LogP contribution >= 0.6 is 0 Å². The molecule has 0 aliphatic rings. The first-order chi connectivity index (χ1) is 13.6. The molecule has 0 fully saturated rings. The molecule has 1 atom stereocenters. The highest BCUT2D eigenvalue weighted by Gasteiger charge is 2.19. The van der Waals surface area contributed by atoms with Crippen molar-refractivity contribution in [1.82, 2.24) is 15.1 Å². The van der Waals surface area contributed by atoms with E-state index in [1.807, 2.05) is 61.5 Å². The monoisotopic (exact) mass is 370 g/mol. The minimum atomic E-state index is -0.443. The molecule has 28 heavy (non-hydrogen) atoms. The number of carbonyl (C=O) groups is 1. The van der Waals surface area contributed by atoms with Crippen molar-refractivity contribution < 1.29 is 9.32 Å². The summed E-state index contributed by atoms with van der Waals surface area (Å²) in [7, 11) is 0. The lowest BCUT2D eigenvalue weighted by Gasteiger charge is -2.09. The van der Waals surface area contributed by atoms with Gasteiger partial charge in [-0.1, -0.05) is 47.6 Å². The summed E-state index contributed by atoms with van der Waals surface area (Å²) < 4.78 is 5.47. The third kappa shape index (κ3) is 3.53. The number of nitrogens with two attached hydrogens (primary N) is 1. The van der Waals surface area contributed by atoms with Crippen LogP contribution < -0.4 is 5.73 Å². The molecular weight excluding hydrogens is 352 g/mol. The summed E-state index contributed by atoms with van der Waals surface area (Å²) >= 11 is 0. The summed E-state index contributed by atoms with van der Waals surface area (Å²) in [5.74, 6) is 0.462. The third-order valence-electron chi connectivity index (χ3n) is 4.57. The van der Waals surface area contributed by atoms with E-state index in [2.05, 4.69) is 15.1 Å². The van der Waals surface area contributed by atoms with Crippen molar-refractivity contribution in [3.05, 3.63) is 90.1 Å². The molecule has 6 nitrogen and oxygen atoms in total. The van der Waals surface area contributed by atoms with E-state index in [-0.39, 0.29) is 5.92 Å². The Balaban J connectivity index is 1.60. The molecule has 0 saturated carbocycles. The van der Waals surface area contributed by atoms with Crippen molar-refractivity contribution in [3.63, 3.8) is 0 Å². The molecule has 2 heterocycles. The number of nitrogens with zero attached hydrogens (tertiary/aromatic N) is 3. The number of hydrogen-bond donors (Lipinski definition) is 1. The van der Waals surface area contributed by atoms with Crippen LogP contribution in [0.25, 0.3) is 22.5 Å². The van der Waals surface area contributed by atoms with Crippen LogP contribution in [-0.4, -0.2) is 21.0 Å². The van der Waals surface area contributed by atoms with E-state index in [1.165, 1.54) is 0 Å². The van der Waals surface area contributed by atoms with E-state index in [9.17, 15) is 4.79 Å². The predicted octanol–water partition coefficient (Wildman–Crippen LogP) is 4.05. The van der Waals surface area contributed by atoms with Gasteiger partial charge in [-0.2, -0.15) is 4.98 Å². The van der Waals surface area contributed by atoms with E-state index in [4.69, 9.17) is 10.3 Å². The van der Waals surface area contributed by atoms with Gasteiger partial charge in [0.15, 0.2) is 0 Å². The lowest BCUT2D eigenvalue weighted by atomic mass is 10.0. The Morgan fingerprint density at radius 1 is 0.964 bits per heavy atom. The zero-order valence-corrected chi connectivity index (χ0v) is 15.2. The van der Waals surface area contributed by atoms with Gasteiger partial charge in [0.1, 0.15) is 0 Å². The van der Waals surface area contributed by atoms with E-state index >= 15 is 0 Å². The SMILES string of the molecule is CC(c1cc(-c2ccc(C(N)=O)cc2)ccn1)c1nc(-c2ccccc2)no1. The van der Waals surface area contributed by atoms with Crippen molar-refractivity contribution >= 4 is 5.91 Å². The first-order valence-electron chi connectivity index (χ1n) is 8.87. The number of primary amides is 1. The number of aromatic nitrogens is 3. The first kappa shape index (κ1) is 17.6. The fraction of sp³-hybridized carbons (Fsp3) is 0.0909. The number of benzene rings is 2. The molecule has 0 spiro atoms. The summed E-state index contributed by atoms with van der Waals surface area (Å²) in [5.41, 5.74) is 9.45. The summed E-state index contributed by atoms with van der Waals surface area (Å²) in [6.45, 7) is 1.98. The van der Waals surface area contributed by atoms with Crippen LogP contribution in [0.3, 0.4) is 0 Å². The fourth-order valence-corrected chi connectivity index (χ4v) is 2.93. The zero-order chi connectivity index (χ0) is 19.5. The first-order valence-corrected chi connectivity index (χ1v) is 8.87. The minimum Gasteiger partial charge on any atom is -0.366 e. The van der Waals surface area contributed by atoms with Gasteiger partial charge in [0, 0.05) is 17.3 Å². The minimum absolute atomic E-state index is 0.158. The molecule has 0 radical (unpaired) electrons. The summed E-state index contributed by atoms with van der Waals surface area (Å²) in [6.07, 6.45) is 1.75. The van der Waals surface area contributed by atoms with Crippen LogP contribution in [0.15, 0.2) is 77.4 Å². The van der Waals surface area contributed by atoms with Gasteiger partial charge in [0.25, 0.3) is 0 Å². The molecule has 4 rings (SSSR count). The summed E-state index contributed by atoms with van der Waals surface area (Å²) in [5, 5.41) is 4.08. The van der Waals surface area contributed by atoms with Crippen molar-refractivity contribution in [1.29, 1.82) is 0 Å². The quantitative estimate of drug-likeness (QED) is 0.572. The highest BCUT2D eigenvalue weighted by atomic mass is 16.5. The van der Waals surface area contributed by atoms with E-state index in [0.29, 0.717) is 17.3 Å². The fourth-order valence-electron chi connectivity index (χ4n) is 2.93. The van der Waals surface area contributed by atoms with E-state index in [0.717, 1.165) is 22.4 Å². The zero-order valence-electron chi connectivity index (χ0n) is 15.2. The van der Waals surface area contributed by atoms with Gasteiger partial charge in [-0.05, 0) is 42.3 Å². The highest BCUT2D eigenvalue weighted by Crippen LogP contribution is 2.27. The van der Waals surface area contributed by atoms with Gasteiger partial charge < -0.3 is 10.3 Å². The van der Waals surface area contributed by atoms with Gasteiger partial charge in [0.2, 0.25) is 17.6 Å². The maximum absolute atomic E-state index is 11.2. The normalized spacial score (nSPS) is 11.9. The molecule has 0 aliphatic carbocycles. The third-order valence-corrected chi connectivity index (χ3v) is 4.57. The Kier molecular flexibility index (Phi) is 4.68. The Hall–Kier alpha value is -3.80. The molecule has 2 aromatic carbocycles. The summed E-state index contributed by atoms with van der Waals surface area (Å²) in [4.78, 5) is 20.2. The Bertz CT molecular complexity index is 1100. The van der Waals surface area contributed by atoms with Crippen LogP contribution in [0.5, 0.6) is 0 Å². The number of amides is 1. The maximum atomic E-state index is 11.2. The van der Waals surface area contributed by atoms with E-state index < -0.39 is 5.91 Å². The molecule has 1 amide bonds. The predicted molar refractivity (Wildman–Crippen MR) is 105 cm³/mol. The lowest BCUT2D eigenvalue weighted by Crippen LogP contribution is -2.10. The van der Waals surface area contributed by atoms with Crippen LogP contribution in [0, 0.1) is 0 Å². The Morgan fingerprint density at radius 3 is 2.43 bits per heavy atom. The van der Waals surface area contributed by atoms with Crippen LogP contribution in [-0.2, 0) is 0 Å². The number of carbonyl (C=O) groups excluding carboxylic acids is 1. The highest BCUT2D eigenvalue weighted by molar-refractivity contribution is 5.93. The second-order valence-electron chi connectivity index (χ2n) is 6.45. The number of pyridine rings is 1. The summed E-state index contributed by atoms with van der Waals surface area (Å²) in [6, 6.07) is 20.7. The molecular formula is C22H18N4O2. The smallest absolute Gasteiger partial charge is 0.248 e. The second kappa shape index (κ2) is 7.44. The number of hydrogen-bond acceptors (Lipinski definition) is 5.